The Morgan fingerprint density at radius 1 is 1.53 bits per heavy atom. The Hall–Kier alpha value is -1.06. The van der Waals surface area contributed by atoms with Crippen LogP contribution in [-0.2, 0) is 19.1 Å². The van der Waals surface area contributed by atoms with Crippen LogP contribution in [0.4, 0.5) is 0 Å². The van der Waals surface area contributed by atoms with Gasteiger partial charge in [-0.05, 0) is 45.4 Å². The van der Waals surface area contributed by atoms with Crippen molar-refractivity contribution in [3.8, 4) is 0 Å². The molecule has 4 nitrogen and oxygen atoms in total. The summed E-state index contributed by atoms with van der Waals surface area (Å²) in [7, 11) is 0. The maximum Gasteiger partial charge on any atom is 0.313 e. The zero-order valence-corrected chi connectivity index (χ0v) is 11.9. The van der Waals surface area contributed by atoms with Gasteiger partial charge in [0.05, 0.1) is 12.0 Å². The highest BCUT2D eigenvalue weighted by molar-refractivity contribution is 5.80. The molecule has 0 N–H and O–H groups in total. The van der Waals surface area contributed by atoms with E-state index < -0.39 is 11.0 Å². The summed E-state index contributed by atoms with van der Waals surface area (Å²) in [6.45, 7) is 6.30. The van der Waals surface area contributed by atoms with Gasteiger partial charge in [0.1, 0.15) is 11.5 Å². The number of carbonyl (C=O) groups is 2. The molecule has 1 saturated heterocycles. The molecule has 1 heterocycles. The second-order valence-corrected chi connectivity index (χ2v) is 6.97. The number of cyclic esters (lactones) is 1. The van der Waals surface area contributed by atoms with Crippen LogP contribution in [0.2, 0.25) is 0 Å². The number of esters is 2. The maximum atomic E-state index is 12.4. The van der Waals surface area contributed by atoms with Crippen LogP contribution in [0.1, 0.15) is 46.5 Å². The van der Waals surface area contributed by atoms with Gasteiger partial charge >= 0.3 is 11.9 Å². The molecule has 3 rings (SSSR count). The summed E-state index contributed by atoms with van der Waals surface area (Å²) in [5.41, 5.74) is -1.04. The number of carbonyl (C=O) groups excluding carboxylic acids is 2. The van der Waals surface area contributed by atoms with E-state index in [9.17, 15) is 9.59 Å². The highest BCUT2D eigenvalue weighted by Crippen LogP contribution is 2.59. The van der Waals surface area contributed by atoms with E-state index >= 15 is 0 Å². The minimum absolute atomic E-state index is 0.158. The van der Waals surface area contributed by atoms with E-state index in [0.717, 1.165) is 25.7 Å². The van der Waals surface area contributed by atoms with Gasteiger partial charge in [0, 0.05) is 5.92 Å². The third-order valence-electron chi connectivity index (χ3n) is 5.55. The first-order chi connectivity index (χ1) is 8.89. The van der Waals surface area contributed by atoms with Crippen LogP contribution in [0.5, 0.6) is 0 Å². The molecule has 0 aromatic heterocycles. The summed E-state index contributed by atoms with van der Waals surface area (Å²) in [6, 6.07) is 0. The fraction of sp³-hybridized carbons (Fsp3) is 0.867. The lowest BCUT2D eigenvalue weighted by atomic mass is 9.78. The van der Waals surface area contributed by atoms with Gasteiger partial charge < -0.3 is 9.47 Å². The summed E-state index contributed by atoms with van der Waals surface area (Å²) in [6.07, 6.45) is 3.46. The molecular formula is C15H22O4. The lowest BCUT2D eigenvalue weighted by Crippen LogP contribution is -2.45. The summed E-state index contributed by atoms with van der Waals surface area (Å²) in [5, 5.41) is 0. The third kappa shape index (κ3) is 1.72. The molecule has 3 fully saturated rings. The van der Waals surface area contributed by atoms with Gasteiger partial charge in [-0.3, -0.25) is 9.59 Å². The molecule has 2 aliphatic carbocycles. The minimum Gasteiger partial charge on any atom is -0.465 e. The van der Waals surface area contributed by atoms with Gasteiger partial charge in [-0.2, -0.15) is 0 Å². The van der Waals surface area contributed by atoms with Crippen molar-refractivity contribution in [2.24, 2.45) is 23.2 Å². The zero-order valence-electron chi connectivity index (χ0n) is 11.9. The van der Waals surface area contributed by atoms with Crippen LogP contribution in [0.15, 0.2) is 0 Å². The average molecular weight is 266 g/mol. The van der Waals surface area contributed by atoms with E-state index in [0.29, 0.717) is 12.5 Å². The van der Waals surface area contributed by atoms with Crippen LogP contribution < -0.4 is 0 Å². The van der Waals surface area contributed by atoms with E-state index in [-0.39, 0.29) is 23.8 Å². The molecule has 19 heavy (non-hydrogen) atoms. The Labute approximate surface area is 113 Å². The molecule has 2 saturated carbocycles. The first-order valence-corrected chi connectivity index (χ1v) is 7.30. The third-order valence-corrected chi connectivity index (χ3v) is 5.55. The second kappa shape index (κ2) is 3.97. The predicted octanol–water partition coefficient (Wildman–Crippen LogP) is 2.31. The van der Waals surface area contributed by atoms with Crippen LogP contribution in [0, 0.1) is 23.2 Å². The summed E-state index contributed by atoms with van der Waals surface area (Å²) < 4.78 is 11.1. The fourth-order valence-electron chi connectivity index (χ4n) is 3.90. The SMILES string of the molecule is CCC(C)(C)C(=O)OC12CCC(C1)C1COC(=O)C12. The number of hydrogen-bond donors (Lipinski definition) is 0. The van der Waals surface area contributed by atoms with Gasteiger partial charge in [-0.25, -0.2) is 0 Å². The Balaban J connectivity index is 1.83. The van der Waals surface area contributed by atoms with Gasteiger partial charge in [0.2, 0.25) is 0 Å². The topological polar surface area (TPSA) is 52.6 Å². The van der Waals surface area contributed by atoms with E-state index in [1.807, 2.05) is 20.8 Å². The van der Waals surface area contributed by atoms with Crippen LogP contribution in [0.3, 0.4) is 0 Å². The predicted molar refractivity (Wildman–Crippen MR) is 68.2 cm³/mol. The molecule has 2 bridgehead atoms. The van der Waals surface area contributed by atoms with Crippen LogP contribution in [-0.4, -0.2) is 24.1 Å². The summed E-state index contributed by atoms with van der Waals surface area (Å²) >= 11 is 0. The Kier molecular flexibility index (Phi) is 2.70. The lowest BCUT2D eigenvalue weighted by Gasteiger charge is -2.35. The first kappa shape index (κ1) is 12.9. The molecule has 0 radical (unpaired) electrons. The molecule has 4 heteroatoms. The molecule has 4 atom stereocenters. The fourth-order valence-corrected chi connectivity index (χ4v) is 3.90. The van der Waals surface area contributed by atoms with Gasteiger partial charge in [0.25, 0.3) is 0 Å². The van der Waals surface area contributed by atoms with Gasteiger partial charge in [-0.1, -0.05) is 6.92 Å². The summed E-state index contributed by atoms with van der Waals surface area (Å²) in [5.74, 6) is 0.237. The molecule has 106 valence electrons. The van der Waals surface area contributed by atoms with E-state index in [4.69, 9.17) is 9.47 Å². The Bertz CT molecular complexity index is 428. The van der Waals surface area contributed by atoms with Crippen molar-refractivity contribution in [1.82, 2.24) is 0 Å². The normalized spacial score (nSPS) is 40.2. The van der Waals surface area contributed by atoms with Gasteiger partial charge in [-0.15, -0.1) is 0 Å². The highest BCUT2D eigenvalue weighted by atomic mass is 16.6. The zero-order chi connectivity index (χ0) is 13.8. The van der Waals surface area contributed by atoms with E-state index in [1.165, 1.54) is 0 Å². The van der Waals surface area contributed by atoms with Crippen molar-refractivity contribution in [3.05, 3.63) is 0 Å². The molecule has 0 aromatic carbocycles. The monoisotopic (exact) mass is 266 g/mol. The average Bonchev–Trinajstić information content (AvgIpc) is 3.01. The molecular weight excluding hydrogens is 244 g/mol. The summed E-state index contributed by atoms with van der Waals surface area (Å²) in [4.78, 5) is 24.3. The Morgan fingerprint density at radius 2 is 2.26 bits per heavy atom. The van der Waals surface area contributed by atoms with Gasteiger partial charge in [0.15, 0.2) is 0 Å². The van der Waals surface area contributed by atoms with E-state index in [2.05, 4.69) is 0 Å². The molecule has 0 amide bonds. The van der Waals surface area contributed by atoms with Crippen LogP contribution in [0.25, 0.3) is 0 Å². The van der Waals surface area contributed by atoms with Crippen molar-refractivity contribution >= 4 is 11.9 Å². The maximum absolute atomic E-state index is 12.4. The van der Waals surface area contributed by atoms with Crippen molar-refractivity contribution in [2.45, 2.75) is 52.1 Å². The van der Waals surface area contributed by atoms with Crippen molar-refractivity contribution in [1.29, 1.82) is 0 Å². The number of rotatable bonds is 3. The standard InChI is InChI=1S/C15H22O4/c1-4-14(2,3)13(17)19-15-6-5-9(7-15)10-8-18-12(16)11(10)15/h9-11H,4-8H2,1-3H3. The number of ether oxygens (including phenoxy) is 2. The van der Waals surface area contributed by atoms with Crippen LogP contribution >= 0.6 is 0 Å². The second-order valence-electron chi connectivity index (χ2n) is 6.97. The minimum atomic E-state index is -0.563. The largest absolute Gasteiger partial charge is 0.465 e. The van der Waals surface area contributed by atoms with Crippen molar-refractivity contribution in [3.63, 3.8) is 0 Å². The number of fused-ring (bicyclic) bond motifs is 5. The highest BCUT2D eigenvalue weighted by Gasteiger charge is 2.66. The molecule has 1 aliphatic heterocycles. The molecule has 3 aliphatic rings. The van der Waals surface area contributed by atoms with E-state index in [1.54, 1.807) is 0 Å². The Morgan fingerprint density at radius 3 is 2.95 bits per heavy atom. The molecule has 0 aromatic rings. The smallest absolute Gasteiger partial charge is 0.313 e. The molecule has 0 spiro atoms. The molecule has 4 unspecified atom stereocenters. The first-order valence-electron chi connectivity index (χ1n) is 7.30. The van der Waals surface area contributed by atoms with Crippen molar-refractivity contribution in [2.75, 3.05) is 6.61 Å². The number of hydrogen-bond acceptors (Lipinski definition) is 4. The quantitative estimate of drug-likeness (QED) is 0.736. The van der Waals surface area contributed by atoms with Crippen molar-refractivity contribution < 1.29 is 19.1 Å². The lowest BCUT2D eigenvalue weighted by molar-refractivity contribution is -0.178.